The zero-order valence-corrected chi connectivity index (χ0v) is 19.3. The van der Waals surface area contributed by atoms with E-state index in [1.807, 2.05) is 50.8 Å². The van der Waals surface area contributed by atoms with Gasteiger partial charge in [-0.15, -0.1) is 0 Å². The van der Waals surface area contributed by atoms with Crippen molar-refractivity contribution < 1.29 is 34.9 Å². The molecular formula is C20H23F3O5SSi. The first-order chi connectivity index (χ1) is 13.6. The van der Waals surface area contributed by atoms with Crippen molar-refractivity contribution in [3.8, 4) is 28.4 Å². The summed E-state index contributed by atoms with van der Waals surface area (Å²) in [4.78, 5) is 0. The van der Waals surface area contributed by atoms with E-state index in [1.54, 1.807) is 0 Å². The van der Waals surface area contributed by atoms with Crippen LogP contribution in [0.2, 0.25) is 19.6 Å². The summed E-state index contributed by atoms with van der Waals surface area (Å²) in [5, 5.41) is 0. The third-order valence-corrected chi connectivity index (χ3v) is 6.43. The molecule has 0 aliphatic carbocycles. The van der Waals surface area contributed by atoms with Crippen molar-refractivity contribution in [2.75, 3.05) is 0 Å². The summed E-state index contributed by atoms with van der Waals surface area (Å²) in [6, 6.07) is 7.51. The summed E-state index contributed by atoms with van der Waals surface area (Å²) >= 11 is 0. The third-order valence-electron chi connectivity index (χ3n) is 4.66. The molecule has 3 rings (SSSR count). The highest BCUT2D eigenvalue weighted by Crippen LogP contribution is 2.54. The molecular weight excluding hydrogens is 437 g/mol. The molecule has 10 heteroatoms. The van der Waals surface area contributed by atoms with Gasteiger partial charge in [0, 0.05) is 16.7 Å². The molecule has 0 amide bonds. The molecule has 164 valence electrons. The molecule has 2 aromatic rings. The molecule has 1 aliphatic heterocycles. The first kappa shape index (κ1) is 22.5. The fourth-order valence-electron chi connectivity index (χ4n) is 3.39. The van der Waals surface area contributed by atoms with Gasteiger partial charge < -0.3 is 13.3 Å². The Morgan fingerprint density at radius 2 is 1.63 bits per heavy atom. The van der Waals surface area contributed by atoms with Crippen molar-refractivity contribution >= 4 is 18.4 Å². The number of rotatable bonds is 4. The van der Waals surface area contributed by atoms with Crippen molar-refractivity contribution in [1.29, 1.82) is 0 Å². The molecule has 0 bridgehead atoms. The van der Waals surface area contributed by atoms with E-state index in [-0.39, 0.29) is 28.7 Å². The third kappa shape index (κ3) is 3.90. The standard InChI is InChI=1S/C20H23F3O5SSi/c1-11-17(27-29(24,25)20(21,22)23)12(2)19(28-30(4,5)6)16-15-10-8-7-9-14(15)13(3)26-18(11)16/h7-10,13H,1-6H3. The highest BCUT2D eigenvalue weighted by atomic mass is 32.2. The average Bonchev–Trinajstić information content (AvgIpc) is 2.61. The molecule has 0 N–H and O–H groups in total. The summed E-state index contributed by atoms with van der Waals surface area (Å²) in [6.07, 6.45) is -0.387. The lowest BCUT2D eigenvalue weighted by atomic mass is 9.89. The van der Waals surface area contributed by atoms with Crippen LogP contribution in [0.15, 0.2) is 24.3 Å². The summed E-state index contributed by atoms with van der Waals surface area (Å²) < 4.78 is 79.2. The minimum absolute atomic E-state index is 0.166. The molecule has 1 heterocycles. The number of benzene rings is 2. The molecule has 5 nitrogen and oxygen atoms in total. The smallest absolute Gasteiger partial charge is 0.534 e. The van der Waals surface area contributed by atoms with Crippen LogP contribution in [-0.2, 0) is 10.1 Å². The summed E-state index contributed by atoms with van der Waals surface area (Å²) in [5.41, 5.74) is -2.88. The molecule has 0 saturated carbocycles. The van der Waals surface area contributed by atoms with E-state index in [0.717, 1.165) is 11.1 Å². The largest absolute Gasteiger partial charge is 0.544 e. The fourth-order valence-corrected chi connectivity index (χ4v) is 4.82. The lowest BCUT2D eigenvalue weighted by Gasteiger charge is -2.33. The average molecular weight is 461 g/mol. The Hall–Kier alpha value is -2.20. The number of hydrogen-bond acceptors (Lipinski definition) is 5. The van der Waals surface area contributed by atoms with Crippen LogP contribution in [0.3, 0.4) is 0 Å². The lowest BCUT2D eigenvalue weighted by molar-refractivity contribution is -0.0500. The molecule has 0 spiro atoms. The molecule has 0 saturated heterocycles. The van der Waals surface area contributed by atoms with Crippen LogP contribution in [0, 0.1) is 13.8 Å². The predicted molar refractivity (Wildman–Crippen MR) is 110 cm³/mol. The van der Waals surface area contributed by atoms with E-state index in [4.69, 9.17) is 9.16 Å². The normalized spacial score (nSPS) is 16.4. The lowest BCUT2D eigenvalue weighted by Crippen LogP contribution is -2.31. The van der Waals surface area contributed by atoms with E-state index in [0.29, 0.717) is 5.56 Å². The minimum Gasteiger partial charge on any atom is -0.544 e. The maximum Gasteiger partial charge on any atom is 0.534 e. The summed E-state index contributed by atoms with van der Waals surface area (Å²) in [6.45, 7) is 10.5. The molecule has 1 atom stereocenters. The highest BCUT2D eigenvalue weighted by Gasteiger charge is 2.49. The molecule has 2 aromatic carbocycles. The van der Waals surface area contributed by atoms with E-state index in [2.05, 4.69) is 4.18 Å². The van der Waals surface area contributed by atoms with Crippen LogP contribution in [0.5, 0.6) is 17.2 Å². The van der Waals surface area contributed by atoms with Crippen LogP contribution in [0.1, 0.15) is 29.7 Å². The Labute approximate surface area is 175 Å². The monoisotopic (exact) mass is 460 g/mol. The Morgan fingerprint density at radius 1 is 1.03 bits per heavy atom. The van der Waals surface area contributed by atoms with Gasteiger partial charge in [0.15, 0.2) is 5.75 Å². The maximum absolute atomic E-state index is 13.0. The Bertz CT molecular complexity index is 1100. The fraction of sp³-hybridized carbons (Fsp3) is 0.400. The van der Waals surface area contributed by atoms with Gasteiger partial charge in [0.25, 0.3) is 0 Å². The van der Waals surface area contributed by atoms with Crippen molar-refractivity contribution in [1.82, 2.24) is 0 Å². The van der Waals surface area contributed by atoms with Crippen molar-refractivity contribution in [3.63, 3.8) is 0 Å². The second-order valence-corrected chi connectivity index (χ2v) is 14.1. The van der Waals surface area contributed by atoms with Gasteiger partial charge in [-0.3, -0.25) is 0 Å². The Morgan fingerprint density at radius 3 is 2.20 bits per heavy atom. The van der Waals surface area contributed by atoms with Gasteiger partial charge in [-0.2, -0.15) is 21.6 Å². The van der Waals surface area contributed by atoms with Gasteiger partial charge in [0.2, 0.25) is 8.32 Å². The van der Waals surface area contributed by atoms with E-state index >= 15 is 0 Å². The van der Waals surface area contributed by atoms with Crippen molar-refractivity contribution in [2.24, 2.45) is 0 Å². The SMILES string of the molecule is Cc1c(OS(=O)(=O)C(F)(F)F)c(C)c(O[Si](C)(C)C)c2c1OC(C)c1ccccc1-2. The van der Waals surface area contributed by atoms with Gasteiger partial charge in [0.1, 0.15) is 17.6 Å². The first-order valence-electron chi connectivity index (χ1n) is 9.27. The number of halogens is 3. The van der Waals surface area contributed by atoms with Crippen LogP contribution in [0.25, 0.3) is 11.1 Å². The molecule has 30 heavy (non-hydrogen) atoms. The van der Waals surface area contributed by atoms with Gasteiger partial charge in [-0.1, -0.05) is 24.3 Å². The highest BCUT2D eigenvalue weighted by molar-refractivity contribution is 7.88. The van der Waals surface area contributed by atoms with Crippen molar-refractivity contribution in [3.05, 3.63) is 41.0 Å². The van der Waals surface area contributed by atoms with Crippen molar-refractivity contribution in [2.45, 2.75) is 52.0 Å². The van der Waals surface area contributed by atoms with E-state index in [1.165, 1.54) is 13.8 Å². The maximum atomic E-state index is 13.0. The number of fused-ring (bicyclic) bond motifs is 3. The number of ether oxygens (including phenoxy) is 1. The zero-order chi connectivity index (χ0) is 22.6. The molecule has 0 fully saturated rings. The van der Waals surface area contributed by atoms with Crippen LogP contribution >= 0.6 is 0 Å². The summed E-state index contributed by atoms with van der Waals surface area (Å²) in [7, 11) is -8.10. The molecule has 0 aromatic heterocycles. The van der Waals surface area contributed by atoms with Gasteiger partial charge in [-0.05, 0) is 46.0 Å². The first-order valence-corrected chi connectivity index (χ1v) is 14.1. The molecule has 0 radical (unpaired) electrons. The molecule has 1 aliphatic rings. The molecule has 1 unspecified atom stereocenters. The van der Waals surface area contributed by atoms with E-state index < -0.39 is 29.7 Å². The Kier molecular flexibility index (Phi) is 5.39. The van der Waals surface area contributed by atoms with Crippen LogP contribution in [-0.4, -0.2) is 22.2 Å². The zero-order valence-electron chi connectivity index (χ0n) is 17.5. The topological polar surface area (TPSA) is 61.8 Å². The summed E-state index contributed by atoms with van der Waals surface area (Å²) in [5.74, 6) is 0.111. The van der Waals surface area contributed by atoms with Crippen LogP contribution in [0.4, 0.5) is 13.2 Å². The Balaban J connectivity index is 2.35. The predicted octanol–water partition coefficient (Wildman–Crippen LogP) is 5.87. The van der Waals surface area contributed by atoms with Gasteiger partial charge in [0.05, 0.1) is 5.56 Å². The quantitative estimate of drug-likeness (QED) is 0.325. The van der Waals surface area contributed by atoms with Gasteiger partial charge >= 0.3 is 15.6 Å². The second-order valence-electron chi connectivity index (χ2n) is 8.16. The van der Waals surface area contributed by atoms with Crippen LogP contribution < -0.4 is 13.3 Å². The number of alkyl halides is 3. The minimum atomic E-state index is -5.86. The van der Waals surface area contributed by atoms with E-state index in [9.17, 15) is 21.6 Å². The number of hydrogen-bond donors (Lipinski definition) is 0. The second kappa shape index (κ2) is 7.19. The van der Waals surface area contributed by atoms with Gasteiger partial charge in [-0.25, -0.2) is 0 Å².